The van der Waals surface area contributed by atoms with E-state index in [1.54, 1.807) is 21.3 Å². The molecule has 1 atom stereocenters. The van der Waals surface area contributed by atoms with E-state index in [2.05, 4.69) is 13.0 Å². The Labute approximate surface area is 138 Å². The maximum absolute atomic E-state index is 6.06. The lowest BCUT2D eigenvalue weighted by Crippen LogP contribution is -2.16. The predicted octanol–water partition coefficient (Wildman–Crippen LogP) is 3.31. The van der Waals surface area contributed by atoms with E-state index in [1.165, 1.54) is 5.56 Å². The molecule has 0 saturated carbocycles. The van der Waals surface area contributed by atoms with Gasteiger partial charge in [0.2, 0.25) is 0 Å². The van der Waals surface area contributed by atoms with E-state index in [1.807, 2.05) is 30.3 Å². The number of nitrogens with two attached hydrogens (primary N) is 1. The van der Waals surface area contributed by atoms with Gasteiger partial charge in [-0.2, -0.15) is 0 Å². The smallest absolute Gasteiger partial charge is 0.122 e. The Morgan fingerprint density at radius 3 is 2.22 bits per heavy atom. The van der Waals surface area contributed by atoms with Gasteiger partial charge in [-0.3, -0.25) is 0 Å². The summed E-state index contributed by atoms with van der Waals surface area (Å²) >= 11 is 0. The lowest BCUT2D eigenvalue weighted by Gasteiger charge is -2.20. The van der Waals surface area contributed by atoms with Crippen molar-refractivity contribution in [2.75, 3.05) is 27.9 Å². The first kappa shape index (κ1) is 17.2. The van der Waals surface area contributed by atoms with Crippen molar-refractivity contribution in [3.05, 3.63) is 53.1 Å². The van der Waals surface area contributed by atoms with Crippen LogP contribution >= 0.6 is 0 Å². The summed E-state index contributed by atoms with van der Waals surface area (Å²) in [4.78, 5) is 0. The molecule has 0 saturated heterocycles. The zero-order chi connectivity index (χ0) is 16.8. The zero-order valence-electron chi connectivity index (χ0n) is 14.3. The highest BCUT2D eigenvalue weighted by molar-refractivity contribution is 5.45. The number of hydrogen-bond acceptors (Lipinski definition) is 4. The summed E-state index contributed by atoms with van der Waals surface area (Å²) in [6.07, 6.45) is 0.783. The maximum atomic E-state index is 6.06. The van der Waals surface area contributed by atoms with Crippen LogP contribution in [-0.4, -0.2) is 27.9 Å². The molecule has 0 bridgehead atoms. The molecule has 0 fully saturated rings. The van der Waals surface area contributed by atoms with E-state index >= 15 is 0 Å². The quantitative estimate of drug-likeness (QED) is 0.852. The second-order valence-electron chi connectivity index (χ2n) is 5.56. The molecule has 0 aliphatic heterocycles. The minimum atomic E-state index is 0.121. The Morgan fingerprint density at radius 2 is 1.61 bits per heavy atom. The standard InChI is InChI=1S/C19H25NO3/c1-13-5-7-18(22-3)14(9-13)10-15(12-20)17-11-16(21-2)6-8-19(17)23-4/h5-9,11,15H,10,12,20H2,1-4H3. The molecular weight excluding hydrogens is 290 g/mol. The average Bonchev–Trinajstić information content (AvgIpc) is 2.59. The average molecular weight is 315 g/mol. The van der Waals surface area contributed by atoms with E-state index in [4.69, 9.17) is 19.9 Å². The van der Waals surface area contributed by atoms with Crippen LogP contribution in [0.25, 0.3) is 0 Å². The predicted molar refractivity (Wildman–Crippen MR) is 92.8 cm³/mol. The van der Waals surface area contributed by atoms with Gasteiger partial charge in [-0.05, 0) is 49.7 Å². The Morgan fingerprint density at radius 1 is 0.913 bits per heavy atom. The van der Waals surface area contributed by atoms with E-state index in [9.17, 15) is 0 Å². The van der Waals surface area contributed by atoms with E-state index < -0.39 is 0 Å². The molecule has 0 spiro atoms. The highest BCUT2D eigenvalue weighted by Crippen LogP contribution is 2.34. The Kier molecular flexibility index (Phi) is 5.88. The molecule has 2 N–H and O–H groups in total. The summed E-state index contributed by atoms with van der Waals surface area (Å²) in [5.41, 5.74) is 9.46. The van der Waals surface area contributed by atoms with Crippen LogP contribution in [-0.2, 0) is 6.42 Å². The summed E-state index contributed by atoms with van der Waals surface area (Å²) in [6.45, 7) is 2.59. The van der Waals surface area contributed by atoms with Crippen molar-refractivity contribution in [1.29, 1.82) is 0 Å². The van der Waals surface area contributed by atoms with Gasteiger partial charge in [0.15, 0.2) is 0 Å². The number of hydrogen-bond donors (Lipinski definition) is 1. The van der Waals surface area contributed by atoms with Gasteiger partial charge in [-0.1, -0.05) is 17.7 Å². The maximum Gasteiger partial charge on any atom is 0.122 e. The molecule has 0 aromatic heterocycles. The normalized spacial score (nSPS) is 11.9. The topological polar surface area (TPSA) is 53.7 Å². The Bertz CT molecular complexity index is 655. The summed E-state index contributed by atoms with van der Waals surface area (Å²) in [5, 5.41) is 0. The molecule has 4 nitrogen and oxygen atoms in total. The van der Waals surface area contributed by atoms with E-state index in [0.717, 1.165) is 34.8 Å². The molecule has 2 aromatic rings. The highest BCUT2D eigenvalue weighted by Gasteiger charge is 2.18. The number of ether oxygens (including phenoxy) is 3. The SMILES string of the molecule is COc1ccc(OC)c(C(CN)Cc2cc(C)ccc2OC)c1. The fourth-order valence-corrected chi connectivity index (χ4v) is 2.81. The molecule has 2 rings (SSSR count). The van der Waals surface area contributed by atoms with Crippen LogP contribution in [0.3, 0.4) is 0 Å². The van der Waals surface area contributed by atoms with E-state index in [0.29, 0.717) is 6.54 Å². The molecule has 2 aromatic carbocycles. The lowest BCUT2D eigenvalue weighted by atomic mass is 9.90. The van der Waals surface area contributed by atoms with Gasteiger partial charge in [-0.15, -0.1) is 0 Å². The van der Waals surface area contributed by atoms with Crippen molar-refractivity contribution in [2.24, 2.45) is 5.73 Å². The third-order valence-electron chi connectivity index (χ3n) is 4.06. The van der Waals surface area contributed by atoms with Crippen LogP contribution in [0.2, 0.25) is 0 Å². The second-order valence-corrected chi connectivity index (χ2v) is 5.56. The van der Waals surface area contributed by atoms with Crippen molar-refractivity contribution in [3.8, 4) is 17.2 Å². The molecular formula is C19H25NO3. The van der Waals surface area contributed by atoms with Crippen LogP contribution in [0, 0.1) is 6.92 Å². The molecule has 0 heterocycles. The Balaban J connectivity index is 2.39. The van der Waals surface area contributed by atoms with Crippen molar-refractivity contribution < 1.29 is 14.2 Å². The third-order valence-corrected chi connectivity index (χ3v) is 4.06. The van der Waals surface area contributed by atoms with Crippen molar-refractivity contribution >= 4 is 0 Å². The highest BCUT2D eigenvalue weighted by atomic mass is 16.5. The van der Waals surface area contributed by atoms with Gasteiger partial charge in [0.25, 0.3) is 0 Å². The lowest BCUT2D eigenvalue weighted by molar-refractivity contribution is 0.393. The fourth-order valence-electron chi connectivity index (χ4n) is 2.81. The monoisotopic (exact) mass is 315 g/mol. The van der Waals surface area contributed by atoms with Gasteiger partial charge in [0, 0.05) is 11.5 Å². The van der Waals surface area contributed by atoms with Crippen molar-refractivity contribution in [3.63, 3.8) is 0 Å². The van der Waals surface area contributed by atoms with Crippen LogP contribution in [0.5, 0.6) is 17.2 Å². The van der Waals surface area contributed by atoms with Gasteiger partial charge in [0.05, 0.1) is 21.3 Å². The second kappa shape index (κ2) is 7.88. The molecule has 23 heavy (non-hydrogen) atoms. The van der Waals surface area contributed by atoms with Gasteiger partial charge in [0.1, 0.15) is 17.2 Å². The summed E-state index contributed by atoms with van der Waals surface area (Å²) < 4.78 is 16.3. The van der Waals surface area contributed by atoms with Gasteiger partial charge < -0.3 is 19.9 Å². The van der Waals surface area contributed by atoms with E-state index in [-0.39, 0.29) is 5.92 Å². The molecule has 1 unspecified atom stereocenters. The molecule has 124 valence electrons. The van der Waals surface area contributed by atoms with Gasteiger partial charge in [-0.25, -0.2) is 0 Å². The molecule has 4 heteroatoms. The molecule has 0 aliphatic carbocycles. The summed E-state index contributed by atoms with van der Waals surface area (Å²) in [5.74, 6) is 2.63. The van der Waals surface area contributed by atoms with Crippen molar-refractivity contribution in [1.82, 2.24) is 0 Å². The summed E-state index contributed by atoms with van der Waals surface area (Å²) in [7, 11) is 5.02. The first-order valence-corrected chi connectivity index (χ1v) is 7.68. The molecule has 0 amide bonds. The molecule has 0 radical (unpaired) electrons. The van der Waals surface area contributed by atoms with Crippen LogP contribution in [0.4, 0.5) is 0 Å². The fraction of sp³-hybridized carbons (Fsp3) is 0.368. The number of benzene rings is 2. The minimum Gasteiger partial charge on any atom is -0.497 e. The van der Waals surface area contributed by atoms with Crippen LogP contribution in [0.15, 0.2) is 36.4 Å². The van der Waals surface area contributed by atoms with Crippen LogP contribution < -0.4 is 19.9 Å². The summed E-state index contributed by atoms with van der Waals surface area (Å²) in [6, 6.07) is 12.0. The number of aryl methyl sites for hydroxylation is 1. The first-order chi connectivity index (χ1) is 11.1. The number of methoxy groups -OCH3 is 3. The zero-order valence-corrected chi connectivity index (χ0v) is 14.3. The van der Waals surface area contributed by atoms with Crippen molar-refractivity contribution in [2.45, 2.75) is 19.3 Å². The largest absolute Gasteiger partial charge is 0.497 e. The molecule has 0 aliphatic rings. The Hall–Kier alpha value is -2.20. The number of rotatable bonds is 7. The van der Waals surface area contributed by atoms with Crippen LogP contribution in [0.1, 0.15) is 22.6 Å². The minimum absolute atomic E-state index is 0.121. The first-order valence-electron chi connectivity index (χ1n) is 7.68. The third kappa shape index (κ3) is 3.96. The van der Waals surface area contributed by atoms with Gasteiger partial charge >= 0.3 is 0 Å².